The van der Waals surface area contributed by atoms with E-state index >= 15 is 0 Å². The van der Waals surface area contributed by atoms with Crippen molar-refractivity contribution in [2.24, 2.45) is 5.92 Å². The Labute approximate surface area is 147 Å². The summed E-state index contributed by atoms with van der Waals surface area (Å²) >= 11 is 0. The van der Waals surface area contributed by atoms with Gasteiger partial charge in [0.1, 0.15) is 18.3 Å². The number of H-pyrrole nitrogens is 1. The van der Waals surface area contributed by atoms with Crippen molar-refractivity contribution in [3.8, 4) is 0 Å². The zero-order valence-corrected chi connectivity index (χ0v) is 14.4. The highest BCUT2D eigenvalue weighted by molar-refractivity contribution is 5.90. The summed E-state index contributed by atoms with van der Waals surface area (Å²) in [5.74, 6) is -0.713. The second-order valence-electron chi connectivity index (χ2n) is 6.20. The van der Waals surface area contributed by atoms with Gasteiger partial charge in [-0.1, -0.05) is 19.1 Å². The molecule has 0 saturated carbocycles. The number of nitrogens with one attached hydrogen (secondary N) is 2. The number of hydrogen-bond acceptors (Lipinski definition) is 9. The summed E-state index contributed by atoms with van der Waals surface area (Å²) in [4.78, 5) is 30.6. The molecule has 1 aliphatic rings. The molecule has 1 fully saturated rings. The highest BCUT2D eigenvalue weighted by atomic mass is 16.6. The number of aliphatic hydroxyl groups is 2. The zero-order valence-electron chi connectivity index (χ0n) is 14.4. The number of ether oxygens (including phenoxy) is 2. The molecule has 12 heteroatoms. The lowest BCUT2D eigenvalue weighted by atomic mass is 10.1. The van der Waals surface area contributed by atoms with Crippen LogP contribution >= 0.6 is 0 Å². The molecule has 0 aromatic carbocycles. The number of fused-ring (bicyclic) bond motifs is 1. The van der Waals surface area contributed by atoms with Gasteiger partial charge in [-0.3, -0.25) is 19.9 Å². The van der Waals surface area contributed by atoms with Crippen molar-refractivity contribution in [3.63, 3.8) is 0 Å². The highest BCUT2D eigenvalue weighted by Crippen LogP contribution is 2.31. The van der Waals surface area contributed by atoms with Gasteiger partial charge in [-0.2, -0.15) is 9.67 Å². The molecule has 0 spiro atoms. The fourth-order valence-corrected chi connectivity index (χ4v) is 2.69. The average molecular weight is 368 g/mol. The molecule has 0 aliphatic carbocycles. The van der Waals surface area contributed by atoms with Crippen LogP contribution in [-0.2, 0) is 14.3 Å². The Morgan fingerprint density at radius 1 is 1.50 bits per heavy atom. The largest absolute Gasteiger partial charge is 0.394 e. The van der Waals surface area contributed by atoms with Gasteiger partial charge in [0.2, 0.25) is 11.9 Å². The van der Waals surface area contributed by atoms with Gasteiger partial charge in [0.25, 0.3) is 5.56 Å². The quantitative estimate of drug-likeness (QED) is 0.485. The summed E-state index contributed by atoms with van der Waals surface area (Å²) in [6.45, 7) is 3.02. The summed E-state index contributed by atoms with van der Waals surface area (Å²) < 4.78 is 11.9. The SMILES string of the molecule is CO[C@H]1[C@@H](O)[C@@H](n2nnc3c(=O)[nH]c(NC(=O)C(C)C)nc32)O[C@@H]1CO. The maximum absolute atomic E-state index is 12.2. The van der Waals surface area contributed by atoms with E-state index in [0.717, 1.165) is 4.68 Å². The highest BCUT2D eigenvalue weighted by Gasteiger charge is 2.46. The average Bonchev–Trinajstić information content (AvgIpc) is 3.15. The lowest BCUT2D eigenvalue weighted by Crippen LogP contribution is -2.35. The molecule has 1 aliphatic heterocycles. The molecule has 1 saturated heterocycles. The second kappa shape index (κ2) is 7.07. The first kappa shape index (κ1) is 18.4. The van der Waals surface area contributed by atoms with Crippen molar-refractivity contribution < 1.29 is 24.5 Å². The number of carbonyl (C=O) groups is 1. The number of aromatic amines is 1. The third kappa shape index (κ3) is 3.07. The summed E-state index contributed by atoms with van der Waals surface area (Å²) in [7, 11) is 1.38. The Morgan fingerprint density at radius 2 is 2.23 bits per heavy atom. The monoisotopic (exact) mass is 368 g/mol. The minimum Gasteiger partial charge on any atom is -0.394 e. The number of nitrogens with zero attached hydrogens (tertiary/aromatic N) is 4. The van der Waals surface area contributed by atoms with E-state index in [9.17, 15) is 19.8 Å². The molecule has 2 aromatic rings. The molecular weight excluding hydrogens is 348 g/mol. The molecule has 4 N–H and O–H groups in total. The smallest absolute Gasteiger partial charge is 0.282 e. The Bertz CT molecular complexity index is 863. The fourth-order valence-electron chi connectivity index (χ4n) is 2.69. The molecular formula is C14H20N6O6. The van der Waals surface area contributed by atoms with E-state index in [-0.39, 0.29) is 35.5 Å². The van der Waals surface area contributed by atoms with Crippen molar-refractivity contribution in [1.82, 2.24) is 25.0 Å². The number of aromatic nitrogens is 5. The third-order valence-corrected chi connectivity index (χ3v) is 4.10. The molecule has 142 valence electrons. The van der Waals surface area contributed by atoms with Crippen LogP contribution in [0, 0.1) is 5.92 Å². The van der Waals surface area contributed by atoms with E-state index in [2.05, 4.69) is 25.6 Å². The van der Waals surface area contributed by atoms with Gasteiger partial charge in [0.15, 0.2) is 17.4 Å². The zero-order chi connectivity index (χ0) is 19.0. The first-order valence-electron chi connectivity index (χ1n) is 8.00. The molecule has 3 rings (SSSR count). The molecule has 12 nitrogen and oxygen atoms in total. The van der Waals surface area contributed by atoms with Gasteiger partial charge >= 0.3 is 0 Å². The number of aliphatic hydroxyl groups excluding tert-OH is 2. The molecule has 1 amide bonds. The van der Waals surface area contributed by atoms with Crippen molar-refractivity contribution in [2.75, 3.05) is 19.0 Å². The number of amides is 1. The number of carbonyl (C=O) groups excluding carboxylic acids is 1. The molecule has 4 atom stereocenters. The van der Waals surface area contributed by atoms with Crippen molar-refractivity contribution in [2.45, 2.75) is 38.4 Å². The van der Waals surface area contributed by atoms with Crippen LogP contribution in [0.25, 0.3) is 11.2 Å². The predicted octanol–water partition coefficient (Wildman–Crippen LogP) is -1.63. The first-order valence-corrected chi connectivity index (χ1v) is 8.00. The summed E-state index contributed by atoms with van der Waals surface area (Å²) in [5.41, 5.74) is -0.662. The van der Waals surface area contributed by atoms with Crippen LogP contribution in [-0.4, -0.2) is 73.1 Å². The van der Waals surface area contributed by atoms with Crippen LogP contribution in [0.15, 0.2) is 4.79 Å². The number of hydrogen-bond donors (Lipinski definition) is 4. The molecule has 0 bridgehead atoms. The summed E-state index contributed by atoms with van der Waals surface area (Å²) in [6, 6.07) is 0. The van der Waals surface area contributed by atoms with Crippen molar-refractivity contribution >= 4 is 23.0 Å². The maximum Gasteiger partial charge on any atom is 0.282 e. The Kier molecular flexibility index (Phi) is 5.00. The van der Waals surface area contributed by atoms with Crippen LogP contribution in [0.2, 0.25) is 0 Å². The lowest BCUT2D eigenvalue weighted by Gasteiger charge is -2.16. The Morgan fingerprint density at radius 3 is 2.81 bits per heavy atom. The van der Waals surface area contributed by atoms with E-state index < -0.39 is 30.1 Å². The first-order chi connectivity index (χ1) is 12.4. The number of anilines is 1. The molecule has 3 heterocycles. The van der Waals surface area contributed by atoms with Gasteiger partial charge in [-0.05, 0) is 0 Å². The van der Waals surface area contributed by atoms with E-state index in [0.29, 0.717) is 0 Å². The Balaban J connectivity index is 2.01. The molecule has 2 aromatic heterocycles. The van der Waals surface area contributed by atoms with Gasteiger partial charge in [-0.15, -0.1) is 5.10 Å². The van der Waals surface area contributed by atoms with E-state index in [4.69, 9.17) is 9.47 Å². The van der Waals surface area contributed by atoms with Gasteiger partial charge in [0, 0.05) is 13.0 Å². The summed E-state index contributed by atoms with van der Waals surface area (Å²) in [5, 5.41) is 29.9. The van der Waals surface area contributed by atoms with Gasteiger partial charge in [-0.25, -0.2) is 0 Å². The van der Waals surface area contributed by atoms with E-state index in [1.807, 2.05) is 0 Å². The van der Waals surface area contributed by atoms with Crippen molar-refractivity contribution in [3.05, 3.63) is 10.4 Å². The lowest BCUT2D eigenvalue weighted by molar-refractivity contribution is -0.118. The third-order valence-electron chi connectivity index (χ3n) is 4.10. The van der Waals surface area contributed by atoms with Gasteiger partial charge in [0.05, 0.1) is 6.61 Å². The van der Waals surface area contributed by atoms with Crippen LogP contribution in [0.4, 0.5) is 5.95 Å². The topological polar surface area (TPSA) is 164 Å². The minimum absolute atomic E-state index is 0.0188. The normalized spacial score (nSPS) is 25.9. The van der Waals surface area contributed by atoms with E-state index in [1.54, 1.807) is 13.8 Å². The predicted molar refractivity (Wildman–Crippen MR) is 87.2 cm³/mol. The molecule has 0 radical (unpaired) electrons. The van der Waals surface area contributed by atoms with Crippen LogP contribution in [0.1, 0.15) is 20.1 Å². The van der Waals surface area contributed by atoms with Crippen molar-refractivity contribution in [1.29, 1.82) is 0 Å². The minimum atomic E-state index is -1.17. The van der Waals surface area contributed by atoms with E-state index in [1.165, 1.54) is 7.11 Å². The second-order valence-corrected chi connectivity index (χ2v) is 6.20. The molecule has 0 unspecified atom stereocenters. The Hall–Kier alpha value is -2.41. The number of rotatable bonds is 5. The van der Waals surface area contributed by atoms with Gasteiger partial charge < -0.3 is 19.7 Å². The van der Waals surface area contributed by atoms with Crippen LogP contribution in [0.5, 0.6) is 0 Å². The van der Waals surface area contributed by atoms with Crippen LogP contribution in [0.3, 0.4) is 0 Å². The molecule has 26 heavy (non-hydrogen) atoms. The number of methoxy groups -OCH3 is 1. The fraction of sp³-hybridized carbons (Fsp3) is 0.643. The van der Waals surface area contributed by atoms with Crippen LogP contribution < -0.4 is 10.9 Å². The standard InChI is InChI=1S/C14H20N6O6/c1-5(2)11(23)16-14-15-10-7(12(24)17-14)18-19-20(10)13-8(22)9(25-3)6(4-21)26-13/h5-6,8-9,13,21-22H,4H2,1-3H3,(H2,15,16,17,23,24)/t6-,8-,9-,13+/m1/s1. The summed E-state index contributed by atoms with van der Waals surface area (Å²) in [6.07, 6.45) is -3.80. The maximum atomic E-state index is 12.2.